The molecule has 0 amide bonds. The molecule has 3 nitrogen and oxygen atoms in total. The van der Waals surface area contributed by atoms with Crippen LogP contribution in [0.15, 0.2) is 18.2 Å². The predicted molar refractivity (Wildman–Crippen MR) is 47.8 cm³/mol. The fourth-order valence-electron chi connectivity index (χ4n) is 0.923. The van der Waals surface area contributed by atoms with E-state index in [2.05, 4.69) is 0 Å². The third-order valence-corrected chi connectivity index (χ3v) is 1.48. The molecule has 0 fully saturated rings. The molecule has 1 aromatic carbocycles. The zero-order chi connectivity index (χ0) is 8.43. The van der Waals surface area contributed by atoms with Crippen molar-refractivity contribution >= 4 is 17.1 Å². The Morgan fingerprint density at radius 1 is 1.36 bits per heavy atom. The highest BCUT2D eigenvalue weighted by Crippen LogP contribution is 2.15. The first-order chi connectivity index (χ1) is 5.11. The Bertz CT molecular complexity index is 291. The van der Waals surface area contributed by atoms with E-state index < -0.39 is 0 Å². The summed E-state index contributed by atoms with van der Waals surface area (Å²) in [6, 6.07) is 5.16. The van der Waals surface area contributed by atoms with E-state index in [1.807, 2.05) is 0 Å². The van der Waals surface area contributed by atoms with E-state index in [4.69, 9.17) is 16.9 Å². The van der Waals surface area contributed by atoms with Crippen LogP contribution in [-0.2, 0) is 0 Å². The van der Waals surface area contributed by atoms with Gasteiger partial charge in [0, 0.05) is 22.6 Å². The van der Waals surface area contributed by atoms with Crippen molar-refractivity contribution in [3.63, 3.8) is 0 Å². The lowest BCUT2D eigenvalue weighted by molar-refractivity contribution is 1.46. The SMILES string of the molecule is CC(=N)c1ccc(N)cc1N. The minimum absolute atomic E-state index is 0.461. The van der Waals surface area contributed by atoms with Gasteiger partial charge in [-0.1, -0.05) is 0 Å². The normalized spacial score (nSPS) is 9.55. The molecule has 1 aromatic rings. The lowest BCUT2D eigenvalue weighted by Crippen LogP contribution is -2.00. The topological polar surface area (TPSA) is 75.9 Å². The Balaban J connectivity index is 3.20. The average Bonchev–Trinajstić information content (AvgIpc) is 1.85. The van der Waals surface area contributed by atoms with Crippen LogP contribution in [0.1, 0.15) is 12.5 Å². The molecule has 0 aliphatic carbocycles. The van der Waals surface area contributed by atoms with E-state index in [0.717, 1.165) is 5.56 Å². The van der Waals surface area contributed by atoms with Gasteiger partial charge in [0.15, 0.2) is 0 Å². The molecule has 1 rings (SSSR count). The number of nitrogens with two attached hydrogens (primary N) is 2. The van der Waals surface area contributed by atoms with Gasteiger partial charge in [-0.2, -0.15) is 0 Å². The largest absolute Gasteiger partial charge is 0.399 e. The van der Waals surface area contributed by atoms with Crippen molar-refractivity contribution in [1.82, 2.24) is 0 Å². The lowest BCUT2D eigenvalue weighted by atomic mass is 10.1. The summed E-state index contributed by atoms with van der Waals surface area (Å²) in [5, 5.41) is 7.33. The molecule has 0 aliphatic rings. The molecule has 0 bridgehead atoms. The van der Waals surface area contributed by atoms with E-state index in [1.54, 1.807) is 25.1 Å². The summed E-state index contributed by atoms with van der Waals surface area (Å²) in [6.45, 7) is 1.70. The number of anilines is 2. The van der Waals surface area contributed by atoms with Gasteiger partial charge in [0.05, 0.1) is 0 Å². The quantitative estimate of drug-likeness (QED) is 0.415. The number of benzene rings is 1. The van der Waals surface area contributed by atoms with Crippen molar-refractivity contribution in [2.75, 3.05) is 11.5 Å². The highest BCUT2D eigenvalue weighted by molar-refractivity contribution is 6.01. The first kappa shape index (κ1) is 7.60. The Hall–Kier alpha value is -1.51. The zero-order valence-corrected chi connectivity index (χ0v) is 6.39. The summed E-state index contributed by atoms with van der Waals surface area (Å²) >= 11 is 0. The van der Waals surface area contributed by atoms with Crippen LogP contribution in [0, 0.1) is 5.41 Å². The predicted octanol–water partition coefficient (Wildman–Crippen LogP) is 1.24. The van der Waals surface area contributed by atoms with Gasteiger partial charge in [-0.25, -0.2) is 0 Å². The number of nitrogens with one attached hydrogen (secondary N) is 1. The summed E-state index contributed by atoms with van der Waals surface area (Å²) in [5.74, 6) is 0. The highest BCUT2D eigenvalue weighted by Gasteiger charge is 1.99. The molecule has 0 spiro atoms. The molecule has 0 saturated heterocycles. The van der Waals surface area contributed by atoms with Gasteiger partial charge in [0.1, 0.15) is 0 Å². The summed E-state index contributed by atoms with van der Waals surface area (Å²) in [7, 11) is 0. The van der Waals surface area contributed by atoms with Crippen molar-refractivity contribution in [1.29, 1.82) is 5.41 Å². The summed E-state index contributed by atoms with van der Waals surface area (Å²) in [5.41, 5.74) is 13.5. The second kappa shape index (κ2) is 2.62. The van der Waals surface area contributed by atoms with Crippen LogP contribution in [0.4, 0.5) is 11.4 Å². The van der Waals surface area contributed by atoms with Gasteiger partial charge in [-0.3, -0.25) is 0 Å². The Morgan fingerprint density at radius 3 is 2.45 bits per heavy atom. The molecule has 0 unspecified atom stereocenters. The van der Waals surface area contributed by atoms with Crippen molar-refractivity contribution in [3.8, 4) is 0 Å². The van der Waals surface area contributed by atoms with Crippen molar-refractivity contribution < 1.29 is 0 Å². The van der Waals surface area contributed by atoms with Crippen LogP contribution >= 0.6 is 0 Å². The minimum atomic E-state index is 0.461. The number of hydrogen-bond donors (Lipinski definition) is 3. The van der Waals surface area contributed by atoms with Crippen LogP contribution < -0.4 is 11.5 Å². The van der Waals surface area contributed by atoms with Gasteiger partial charge in [0.25, 0.3) is 0 Å². The van der Waals surface area contributed by atoms with E-state index in [-0.39, 0.29) is 0 Å². The minimum Gasteiger partial charge on any atom is -0.399 e. The number of rotatable bonds is 1. The number of hydrogen-bond acceptors (Lipinski definition) is 3. The van der Waals surface area contributed by atoms with Gasteiger partial charge in [0.2, 0.25) is 0 Å². The van der Waals surface area contributed by atoms with Crippen LogP contribution in [0.25, 0.3) is 0 Å². The molecular weight excluding hydrogens is 138 g/mol. The standard InChI is InChI=1S/C8H11N3/c1-5(9)7-3-2-6(10)4-8(7)11/h2-4,9H,10-11H2,1H3. The van der Waals surface area contributed by atoms with E-state index in [0.29, 0.717) is 17.1 Å². The van der Waals surface area contributed by atoms with Crippen LogP contribution in [0.3, 0.4) is 0 Å². The molecule has 5 N–H and O–H groups in total. The smallest absolute Gasteiger partial charge is 0.0426 e. The maximum absolute atomic E-state index is 7.33. The lowest BCUT2D eigenvalue weighted by Gasteiger charge is -2.03. The average molecular weight is 149 g/mol. The zero-order valence-electron chi connectivity index (χ0n) is 6.39. The van der Waals surface area contributed by atoms with E-state index in [1.165, 1.54) is 0 Å². The summed E-state index contributed by atoms with van der Waals surface area (Å²) in [6.07, 6.45) is 0. The third kappa shape index (κ3) is 1.49. The van der Waals surface area contributed by atoms with Crippen LogP contribution in [0.5, 0.6) is 0 Å². The molecular formula is C8H11N3. The Kier molecular flexibility index (Phi) is 1.81. The van der Waals surface area contributed by atoms with Crippen molar-refractivity contribution in [2.24, 2.45) is 0 Å². The van der Waals surface area contributed by atoms with E-state index in [9.17, 15) is 0 Å². The molecule has 0 heterocycles. The van der Waals surface area contributed by atoms with Gasteiger partial charge < -0.3 is 16.9 Å². The summed E-state index contributed by atoms with van der Waals surface area (Å²) < 4.78 is 0. The van der Waals surface area contributed by atoms with Crippen LogP contribution in [-0.4, -0.2) is 5.71 Å². The highest BCUT2D eigenvalue weighted by atomic mass is 14.6. The molecule has 58 valence electrons. The third-order valence-electron chi connectivity index (χ3n) is 1.48. The number of nitrogen functional groups attached to an aromatic ring is 2. The van der Waals surface area contributed by atoms with Crippen molar-refractivity contribution in [2.45, 2.75) is 6.92 Å². The maximum atomic E-state index is 7.33. The molecule has 0 atom stereocenters. The molecule has 0 radical (unpaired) electrons. The Morgan fingerprint density at radius 2 is 2.00 bits per heavy atom. The maximum Gasteiger partial charge on any atom is 0.0426 e. The molecule has 0 aromatic heterocycles. The molecule has 0 aliphatic heterocycles. The van der Waals surface area contributed by atoms with Gasteiger partial charge in [-0.15, -0.1) is 0 Å². The molecule has 3 heteroatoms. The monoisotopic (exact) mass is 149 g/mol. The van der Waals surface area contributed by atoms with Gasteiger partial charge in [-0.05, 0) is 25.1 Å². The first-order valence-electron chi connectivity index (χ1n) is 3.32. The van der Waals surface area contributed by atoms with Crippen LogP contribution in [0.2, 0.25) is 0 Å². The fraction of sp³-hybridized carbons (Fsp3) is 0.125. The Labute approximate surface area is 65.5 Å². The van der Waals surface area contributed by atoms with Crippen molar-refractivity contribution in [3.05, 3.63) is 23.8 Å². The molecule has 0 saturated carbocycles. The summed E-state index contributed by atoms with van der Waals surface area (Å²) in [4.78, 5) is 0. The molecule has 11 heavy (non-hydrogen) atoms. The van der Waals surface area contributed by atoms with E-state index >= 15 is 0 Å². The second-order valence-electron chi connectivity index (χ2n) is 2.47. The van der Waals surface area contributed by atoms with Gasteiger partial charge >= 0.3 is 0 Å². The fourth-order valence-corrected chi connectivity index (χ4v) is 0.923. The second-order valence-corrected chi connectivity index (χ2v) is 2.47. The first-order valence-corrected chi connectivity index (χ1v) is 3.32.